The number of carbonyl (C=O) groups is 2. The highest BCUT2D eigenvalue weighted by molar-refractivity contribution is 7.13. The fourth-order valence-corrected chi connectivity index (χ4v) is 3.92. The van der Waals surface area contributed by atoms with Crippen LogP contribution in [0.3, 0.4) is 0 Å². The van der Waals surface area contributed by atoms with E-state index >= 15 is 0 Å². The first-order valence-corrected chi connectivity index (χ1v) is 10.2. The Morgan fingerprint density at radius 3 is 2.40 bits per heavy atom. The van der Waals surface area contributed by atoms with E-state index in [9.17, 15) is 9.59 Å². The van der Waals surface area contributed by atoms with Gasteiger partial charge in [0.2, 0.25) is 0 Å². The Bertz CT molecular complexity index is 1080. The second-order valence-electron chi connectivity index (χ2n) is 6.43. The normalized spacial score (nSPS) is 17.8. The number of carbonyl (C=O) groups excluding carboxylic acids is 2. The highest BCUT2D eigenvalue weighted by Gasteiger charge is 2.43. The minimum absolute atomic E-state index is 0.228. The molecule has 0 radical (unpaired) electrons. The number of aromatic nitrogens is 1. The summed E-state index contributed by atoms with van der Waals surface area (Å²) in [6, 6.07) is 19.3. The molecule has 0 spiro atoms. The lowest BCUT2D eigenvalue weighted by molar-refractivity contribution is -0.135. The number of rotatable bonds is 5. The van der Waals surface area contributed by atoms with Crippen LogP contribution in [0.15, 0.2) is 90.1 Å². The van der Waals surface area contributed by atoms with E-state index in [-0.39, 0.29) is 11.6 Å². The van der Waals surface area contributed by atoms with E-state index < -0.39 is 12.1 Å². The van der Waals surface area contributed by atoms with Gasteiger partial charge in [0.1, 0.15) is 11.9 Å². The summed E-state index contributed by atoms with van der Waals surface area (Å²) in [5.41, 5.74) is 2.01. The average Bonchev–Trinajstić information content (AvgIpc) is 3.40. The number of benzene rings is 2. The van der Waals surface area contributed by atoms with Crippen molar-refractivity contribution in [1.82, 2.24) is 4.98 Å². The Hall–Kier alpha value is -3.71. The van der Waals surface area contributed by atoms with Crippen LogP contribution in [0, 0.1) is 0 Å². The number of ether oxygens (including phenoxy) is 1. The van der Waals surface area contributed by atoms with E-state index in [1.807, 2.05) is 83.1 Å². The topological polar surface area (TPSA) is 62.7 Å². The maximum absolute atomic E-state index is 13.4. The van der Waals surface area contributed by atoms with Gasteiger partial charge >= 0.3 is 5.97 Å². The quantitative estimate of drug-likeness (QED) is 0.462. The molecule has 0 bridgehead atoms. The van der Waals surface area contributed by atoms with Gasteiger partial charge in [-0.05, 0) is 23.8 Å². The summed E-state index contributed by atoms with van der Waals surface area (Å²) >= 11 is 1.36. The fourth-order valence-electron chi connectivity index (χ4n) is 3.26. The Morgan fingerprint density at radius 2 is 1.77 bits per heavy atom. The second kappa shape index (κ2) is 8.75. The largest absolute Gasteiger partial charge is 0.466 e. The molecular weight excluding hydrogens is 398 g/mol. The van der Waals surface area contributed by atoms with Crippen LogP contribution in [-0.4, -0.2) is 30.1 Å². The lowest BCUT2D eigenvalue weighted by Crippen LogP contribution is -2.38. The number of thiazole rings is 1. The number of hydrogen-bond acceptors (Lipinski definition) is 6. The lowest BCUT2D eigenvalue weighted by atomic mass is 10.2. The van der Waals surface area contributed by atoms with Gasteiger partial charge in [0.25, 0.3) is 5.91 Å². The molecule has 3 aromatic rings. The van der Waals surface area contributed by atoms with Crippen molar-refractivity contribution in [2.45, 2.75) is 6.17 Å². The average molecular weight is 417 g/mol. The Balaban J connectivity index is 1.85. The van der Waals surface area contributed by atoms with Gasteiger partial charge in [-0.3, -0.25) is 9.69 Å². The van der Waals surface area contributed by atoms with Crippen molar-refractivity contribution < 1.29 is 14.3 Å². The lowest BCUT2D eigenvalue weighted by Gasteiger charge is -2.27. The van der Waals surface area contributed by atoms with Crippen LogP contribution in [0.1, 0.15) is 5.56 Å². The Kier molecular flexibility index (Phi) is 5.72. The molecule has 1 saturated heterocycles. The standard InChI is InChI=1S/C23H19N3O3S/c1-29-21(27)16-19-22(28)26(23-24-14-15-30-23)20(13-12-17-8-4-2-5-9-17)25(19)18-10-6-3-7-11-18/h2-16,20H,1H3/b13-12+,19-16+. The van der Waals surface area contributed by atoms with Crippen molar-refractivity contribution in [3.8, 4) is 0 Å². The van der Waals surface area contributed by atoms with Gasteiger partial charge in [0, 0.05) is 17.3 Å². The number of para-hydroxylation sites is 1. The maximum atomic E-state index is 13.4. The van der Waals surface area contributed by atoms with Crippen molar-refractivity contribution in [1.29, 1.82) is 0 Å². The van der Waals surface area contributed by atoms with Crippen molar-refractivity contribution in [2.24, 2.45) is 0 Å². The third-order valence-electron chi connectivity index (χ3n) is 4.60. The van der Waals surface area contributed by atoms with E-state index in [0.29, 0.717) is 5.13 Å². The molecule has 2 aromatic carbocycles. The predicted octanol–water partition coefficient (Wildman–Crippen LogP) is 4.09. The molecule has 1 amide bonds. The summed E-state index contributed by atoms with van der Waals surface area (Å²) in [6.07, 6.45) is 6.27. The van der Waals surface area contributed by atoms with Crippen LogP contribution >= 0.6 is 11.3 Å². The van der Waals surface area contributed by atoms with Crippen LogP contribution in [0.5, 0.6) is 0 Å². The smallest absolute Gasteiger partial charge is 0.332 e. The SMILES string of the molecule is COC(=O)/C=C1\C(=O)N(c2nccs2)C(/C=C/c2ccccc2)N1c1ccccc1. The minimum Gasteiger partial charge on any atom is -0.466 e. The van der Waals surface area contributed by atoms with Crippen LogP contribution in [0.4, 0.5) is 10.8 Å². The van der Waals surface area contributed by atoms with Gasteiger partial charge in [-0.25, -0.2) is 9.78 Å². The van der Waals surface area contributed by atoms with Gasteiger partial charge in [0.15, 0.2) is 5.13 Å². The molecule has 150 valence electrons. The first kappa shape index (κ1) is 19.6. The third kappa shape index (κ3) is 3.88. The molecule has 1 aromatic heterocycles. The van der Waals surface area contributed by atoms with Gasteiger partial charge in [0.05, 0.1) is 13.2 Å². The number of hydrogen-bond donors (Lipinski definition) is 0. The number of amides is 1. The van der Waals surface area contributed by atoms with Crippen LogP contribution in [0.2, 0.25) is 0 Å². The van der Waals surface area contributed by atoms with Crippen LogP contribution in [-0.2, 0) is 14.3 Å². The molecule has 0 saturated carbocycles. The molecule has 1 fully saturated rings. The van der Waals surface area contributed by atoms with E-state index in [0.717, 1.165) is 11.3 Å². The molecule has 7 heteroatoms. The van der Waals surface area contributed by atoms with E-state index in [1.54, 1.807) is 11.1 Å². The maximum Gasteiger partial charge on any atom is 0.332 e. The molecule has 0 N–H and O–H groups in total. The highest BCUT2D eigenvalue weighted by Crippen LogP contribution is 2.36. The molecule has 6 nitrogen and oxygen atoms in total. The zero-order chi connectivity index (χ0) is 20.9. The number of methoxy groups -OCH3 is 1. The van der Waals surface area contributed by atoms with Gasteiger partial charge in [-0.15, -0.1) is 11.3 Å². The van der Waals surface area contributed by atoms with E-state index in [1.165, 1.54) is 24.5 Å². The highest BCUT2D eigenvalue weighted by atomic mass is 32.1. The second-order valence-corrected chi connectivity index (χ2v) is 7.30. The molecule has 2 heterocycles. The first-order chi connectivity index (χ1) is 14.7. The van der Waals surface area contributed by atoms with Crippen molar-refractivity contribution >= 4 is 40.1 Å². The van der Waals surface area contributed by atoms with Gasteiger partial charge < -0.3 is 9.64 Å². The van der Waals surface area contributed by atoms with Crippen LogP contribution in [0.25, 0.3) is 6.08 Å². The van der Waals surface area contributed by atoms with Gasteiger partial charge in [-0.2, -0.15) is 0 Å². The summed E-state index contributed by atoms with van der Waals surface area (Å²) in [5.74, 6) is -0.909. The summed E-state index contributed by atoms with van der Waals surface area (Å²) in [7, 11) is 1.29. The molecular formula is C23H19N3O3S. The zero-order valence-electron chi connectivity index (χ0n) is 16.2. The molecule has 4 rings (SSSR count). The van der Waals surface area contributed by atoms with Crippen molar-refractivity contribution in [2.75, 3.05) is 16.9 Å². The molecule has 1 atom stereocenters. The Labute approximate surface area is 178 Å². The monoisotopic (exact) mass is 417 g/mol. The molecule has 1 unspecified atom stereocenters. The third-order valence-corrected chi connectivity index (χ3v) is 5.37. The van der Waals surface area contributed by atoms with E-state index in [2.05, 4.69) is 4.98 Å². The summed E-state index contributed by atoms with van der Waals surface area (Å²) in [5, 5.41) is 2.37. The minimum atomic E-state index is -0.592. The number of anilines is 2. The molecule has 30 heavy (non-hydrogen) atoms. The summed E-state index contributed by atoms with van der Waals surface area (Å²) in [4.78, 5) is 33.2. The molecule has 1 aliphatic rings. The van der Waals surface area contributed by atoms with E-state index in [4.69, 9.17) is 4.74 Å². The van der Waals surface area contributed by atoms with Crippen molar-refractivity contribution in [3.05, 3.63) is 95.7 Å². The van der Waals surface area contributed by atoms with Crippen molar-refractivity contribution in [3.63, 3.8) is 0 Å². The fraction of sp³-hybridized carbons (Fsp3) is 0.0870. The summed E-state index contributed by atoms with van der Waals surface area (Å²) in [6.45, 7) is 0. The predicted molar refractivity (Wildman–Crippen MR) is 118 cm³/mol. The molecule has 1 aliphatic heterocycles. The summed E-state index contributed by atoms with van der Waals surface area (Å²) < 4.78 is 4.79. The van der Waals surface area contributed by atoms with Gasteiger partial charge in [-0.1, -0.05) is 54.6 Å². The van der Waals surface area contributed by atoms with Crippen LogP contribution < -0.4 is 9.80 Å². The first-order valence-electron chi connectivity index (χ1n) is 9.29. The zero-order valence-corrected chi connectivity index (χ0v) is 17.0. The molecule has 0 aliphatic carbocycles. The Morgan fingerprint density at radius 1 is 1.07 bits per heavy atom. The number of esters is 1. The number of nitrogens with zero attached hydrogens (tertiary/aromatic N) is 3.